The Morgan fingerprint density at radius 1 is 1.19 bits per heavy atom. The number of guanidine groups is 1. The minimum absolute atomic E-state index is 0.126. The van der Waals surface area contributed by atoms with Crippen LogP contribution in [0.4, 0.5) is 0 Å². The molecule has 1 aliphatic rings. The van der Waals surface area contributed by atoms with E-state index in [-0.39, 0.29) is 6.04 Å². The van der Waals surface area contributed by atoms with Gasteiger partial charge in [0.05, 0.1) is 33.5 Å². The maximum Gasteiger partial charge on any atom is 0.228 e. The Balaban J connectivity index is 1.65. The van der Waals surface area contributed by atoms with Gasteiger partial charge in [0.1, 0.15) is 0 Å². The van der Waals surface area contributed by atoms with Gasteiger partial charge in [0.15, 0.2) is 23.3 Å². The van der Waals surface area contributed by atoms with E-state index in [1.54, 1.807) is 28.2 Å². The fourth-order valence-electron chi connectivity index (χ4n) is 3.55. The second-order valence-corrected chi connectivity index (χ2v) is 7.14. The number of morpholine rings is 1. The molecule has 1 unspecified atom stereocenters. The Bertz CT molecular complexity index is 850. The molecule has 0 bridgehead atoms. The van der Waals surface area contributed by atoms with Crippen LogP contribution in [0.2, 0.25) is 0 Å². The van der Waals surface area contributed by atoms with Gasteiger partial charge in [0, 0.05) is 39.6 Å². The van der Waals surface area contributed by atoms with E-state index in [1.165, 1.54) is 0 Å². The maximum absolute atomic E-state index is 5.55. The molecule has 0 aliphatic carbocycles. The third-order valence-corrected chi connectivity index (χ3v) is 5.17. The van der Waals surface area contributed by atoms with Crippen molar-refractivity contribution in [1.29, 1.82) is 0 Å². The first-order valence-electron chi connectivity index (χ1n) is 10.4. The van der Waals surface area contributed by atoms with E-state index < -0.39 is 0 Å². The second-order valence-electron chi connectivity index (χ2n) is 7.14. The molecule has 1 atom stereocenters. The van der Waals surface area contributed by atoms with Crippen LogP contribution in [0.1, 0.15) is 23.3 Å². The van der Waals surface area contributed by atoms with Crippen molar-refractivity contribution >= 4 is 5.96 Å². The van der Waals surface area contributed by atoms with Crippen LogP contribution in [0.3, 0.4) is 0 Å². The van der Waals surface area contributed by atoms with Gasteiger partial charge >= 0.3 is 0 Å². The smallest absolute Gasteiger partial charge is 0.228 e. The van der Waals surface area contributed by atoms with Crippen molar-refractivity contribution in [3.63, 3.8) is 0 Å². The third-order valence-electron chi connectivity index (χ3n) is 5.17. The minimum Gasteiger partial charge on any atom is -0.493 e. The summed E-state index contributed by atoms with van der Waals surface area (Å²) in [4.78, 5) is 11.0. The van der Waals surface area contributed by atoms with Crippen molar-refractivity contribution in [3.05, 3.63) is 35.5 Å². The van der Waals surface area contributed by atoms with E-state index in [0.717, 1.165) is 43.6 Å². The number of methoxy groups -OCH3 is 2. The molecule has 1 aromatic heterocycles. The first kappa shape index (κ1) is 22.8. The first-order chi connectivity index (χ1) is 15.1. The number of hydrogen-bond acceptors (Lipinski definition) is 8. The zero-order valence-corrected chi connectivity index (χ0v) is 18.7. The van der Waals surface area contributed by atoms with Gasteiger partial charge in [0.25, 0.3) is 0 Å². The normalized spacial score (nSPS) is 16.1. The van der Waals surface area contributed by atoms with Gasteiger partial charge in [-0.3, -0.25) is 9.89 Å². The first-order valence-corrected chi connectivity index (χ1v) is 10.4. The van der Waals surface area contributed by atoms with E-state index in [4.69, 9.17) is 18.7 Å². The van der Waals surface area contributed by atoms with E-state index in [9.17, 15) is 0 Å². The summed E-state index contributed by atoms with van der Waals surface area (Å²) in [5.74, 6) is 3.40. The molecule has 3 rings (SSSR count). The lowest BCUT2D eigenvalue weighted by Gasteiger charge is -2.35. The van der Waals surface area contributed by atoms with Crippen molar-refractivity contribution in [3.8, 4) is 11.5 Å². The molecule has 1 aliphatic heterocycles. The van der Waals surface area contributed by atoms with Gasteiger partial charge in [-0.1, -0.05) is 11.2 Å². The van der Waals surface area contributed by atoms with Crippen LogP contribution in [-0.4, -0.2) is 81.7 Å². The summed E-state index contributed by atoms with van der Waals surface area (Å²) in [6.45, 7) is 6.29. The quantitative estimate of drug-likeness (QED) is 0.446. The molecule has 31 heavy (non-hydrogen) atoms. The minimum atomic E-state index is 0.126. The largest absolute Gasteiger partial charge is 0.493 e. The Kier molecular flexibility index (Phi) is 8.48. The molecule has 1 saturated heterocycles. The van der Waals surface area contributed by atoms with Crippen molar-refractivity contribution in [2.24, 2.45) is 4.99 Å². The monoisotopic (exact) mass is 432 g/mol. The number of aryl methyl sites for hydroxylation is 1. The molecule has 0 saturated carbocycles. The van der Waals surface area contributed by atoms with Crippen molar-refractivity contribution < 1.29 is 18.7 Å². The lowest BCUT2D eigenvalue weighted by Crippen LogP contribution is -2.46. The van der Waals surface area contributed by atoms with Crippen LogP contribution < -0.4 is 20.1 Å². The average Bonchev–Trinajstić information content (AvgIpc) is 3.23. The summed E-state index contributed by atoms with van der Waals surface area (Å²) in [7, 11) is 5.05. The van der Waals surface area contributed by atoms with Crippen molar-refractivity contribution in [2.75, 3.05) is 60.7 Å². The highest BCUT2D eigenvalue weighted by atomic mass is 16.5. The third kappa shape index (κ3) is 6.31. The molecular weight excluding hydrogens is 400 g/mol. The Morgan fingerprint density at radius 2 is 1.97 bits per heavy atom. The van der Waals surface area contributed by atoms with Crippen LogP contribution in [0.25, 0.3) is 0 Å². The predicted octanol–water partition coefficient (Wildman–Crippen LogP) is 1.18. The highest BCUT2D eigenvalue weighted by Gasteiger charge is 2.24. The van der Waals surface area contributed by atoms with Crippen LogP contribution >= 0.6 is 0 Å². The lowest BCUT2D eigenvalue weighted by atomic mass is 10.0. The highest BCUT2D eigenvalue weighted by molar-refractivity contribution is 5.79. The SMILES string of the molecule is CN=C(NCCc1nc(C)no1)NCC(c1ccc(OC)c(OC)c1)N1CCOCC1. The van der Waals surface area contributed by atoms with Crippen LogP contribution in [0, 0.1) is 6.92 Å². The van der Waals surface area contributed by atoms with E-state index in [0.29, 0.717) is 37.0 Å². The Morgan fingerprint density at radius 3 is 2.61 bits per heavy atom. The molecule has 10 heteroatoms. The molecule has 2 heterocycles. The van der Waals surface area contributed by atoms with E-state index >= 15 is 0 Å². The Hall–Kier alpha value is -2.85. The second kappa shape index (κ2) is 11.5. The topological polar surface area (TPSA) is 106 Å². The van der Waals surface area contributed by atoms with Gasteiger partial charge in [-0.15, -0.1) is 0 Å². The van der Waals surface area contributed by atoms with Crippen LogP contribution in [-0.2, 0) is 11.2 Å². The summed E-state index contributed by atoms with van der Waals surface area (Å²) in [5, 5.41) is 10.6. The number of benzene rings is 1. The summed E-state index contributed by atoms with van der Waals surface area (Å²) < 4.78 is 21.6. The molecule has 1 fully saturated rings. The summed E-state index contributed by atoms with van der Waals surface area (Å²) in [5.41, 5.74) is 1.14. The summed E-state index contributed by atoms with van der Waals surface area (Å²) in [6, 6.07) is 6.19. The number of nitrogens with zero attached hydrogens (tertiary/aromatic N) is 4. The van der Waals surface area contributed by atoms with E-state index in [2.05, 4.69) is 36.7 Å². The molecular formula is C21H32N6O4. The molecule has 2 N–H and O–H groups in total. The predicted molar refractivity (Wildman–Crippen MR) is 117 cm³/mol. The number of rotatable bonds is 9. The zero-order valence-electron chi connectivity index (χ0n) is 18.7. The van der Waals surface area contributed by atoms with Gasteiger partial charge in [-0.25, -0.2) is 0 Å². The molecule has 2 aromatic rings. The zero-order chi connectivity index (χ0) is 22.1. The van der Waals surface area contributed by atoms with Gasteiger partial charge < -0.3 is 29.4 Å². The highest BCUT2D eigenvalue weighted by Crippen LogP contribution is 2.32. The molecule has 10 nitrogen and oxygen atoms in total. The maximum atomic E-state index is 5.55. The number of aromatic nitrogens is 2. The fraction of sp³-hybridized carbons (Fsp3) is 0.571. The number of nitrogens with one attached hydrogen (secondary N) is 2. The van der Waals surface area contributed by atoms with Gasteiger partial charge in [0.2, 0.25) is 5.89 Å². The molecule has 1 aromatic carbocycles. The number of aliphatic imine (C=N–C) groups is 1. The Labute approximate surface area is 183 Å². The van der Waals surface area contributed by atoms with Gasteiger partial charge in [-0.05, 0) is 24.6 Å². The lowest BCUT2D eigenvalue weighted by molar-refractivity contribution is 0.0169. The van der Waals surface area contributed by atoms with Gasteiger partial charge in [-0.2, -0.15) is 4.98 Å². The average molecular weight is 433 g/mol. The molecule has 0 radical (unpaired) electrons. The van der Waals surface area contributed by atoms with Crippen LogP contribution in [0.5, 0.6) is 11.5 Å². The standard InChI is InChI=1S/C21H32N6O4/c1-15-25-20(31-26-15)7-8-23-21(22-2)24-14-17(27-9-11-30-12-10-27)16-5-6-18(28-3)19(13-16)29-4/h5-6,13,17H,7-12,14H2,1-4H3,(H2,22,23,24). The molecule has 0 amide bonds. The fourth-order valence-corrected chi connectivity index (χ4v) is 3.55. The number of hydrogen-bond donors (Lipinski definition) is 2. The molecule has 170 valence electrons. The number of ether oxygens (including phenoxy) is 3. The van der Waals surface area contributed by atoms with Crippen LogP contribution in [0.15, 0.2) is 27.7 Å². The van der Waals surface area contributed by atoms with Crippen molar-refractivity contribution in [1.82, 2.24) is 25.7 Å². The van der Waals surface area contributed by atoms with Crippen molar-refractivity contribution in [2.45, 2.75) is 19.4 Å². The summed E-state index contributed by atoms with van der Waals surface area (Å²) >= 11 is 0. The van der Waals surface area contributed by atoms with E-state index in [1.807, 2.05) is 12.1 Å². The summed E-state index contributed by atoms with van der Waals surface area (Å²) in [6.07, 6.45) is 0.629. The molecule has 0 spiro atoms.